The van der Waals surface area contributed by atoms with Crippen LogP contribution in [0.15, 0.2) is 39.6 Å². The summed E-state index contributed by atoms with van der Waals surface area (Å²) in [6, 6.07) is 0.726. The Kier molecular flexibility index (Phi) is 8.05. The number of hydrogen-bond donors (Lipinski definition) is 3. The normalized spacial score (nSPS) is 19.1. The second-order valence-electron chi connectivity index (χ2n) is 7.28. The van der Waals surface area contributed by atoms with Crippen molar-refractivity contribution in [1.29, 1.82) is 5.26 Å². The van der Waals surface area contributed by atoms with Crippen LogP contribution in [-0.4, -0.2) is 88.2 Å². The van der Waals surface area contributed by atoms with E-state index in [1.54, 1.807) is 12.1 Å². The molecule has 192 valence electrons. The predicted molar refractivity (Wildman–Crippen MR) is 133 cm³/mol. The number of fused-ring (bicyclic) bond motifs is 1. The molecule has 1 unspecified atom stereocenters. The van der Waals surface area contributed by atoms with Crippen LogP contribution in [0.3, 0.4) is 0 Å². The zero-order valence-corrected chi connectivity index (χ0v) is 21.3. The number of thioether (sulfide) groups is 2. The van der Waals surface area contributed by atoms with Crippen LogP contribution >= 0.6 is 34.9 Å². The first-order chi connectivity index (χ1) is 17.8. The number of carbonyl (C=O) groups is 3. The van der Waals surface area contributed by atoms with Crippen molar-refractivity contribution in [1.82, 2.24) is 35.4 Å². The molecule has 15 nitrogen and oxygen atoms in total. The first kappa shape index (κ1) is 26.1. The fourth-order valence-electron chi connectivity index (χ4n) is 3.42. The number of oxime groups is 1. The van der Waals surface area contributed by atoms with E-state index in [2.05, 4.69) is 37.6 Å². The van der Waals surface area contributed by atoms with Crippen LogP contribution in [0.4, 0.5) is 5.13 Å². The van der Waals surface area contributed by atoms with Crippen molar-refractivity contribution in [2.75, 3.05) is 23.8 Å². The Hall–Kier alpha value is -3.95. The highest BCUT2D eigenvalue weighted by atomic mass is 32.2. The summed E-state index contributed by atoms with van der Waals surface area (Å²) >= 11 is 3.63. The number of allylic oxidation sites excluding steroid dienone is 1. The topological polar surface area (TPSA) is 215 Å². The summed E-state index contributed by atoms with van der Waals surface area (Å²) in [5, 5.41) is 37.7. The van der Waals surface area contributed by atoms with Crippen LogP contribution in [0.1, 0.15) is 5.69 Å². The Morgan fingerprint density at radius 3 is 3.00 bits per heavy atom. The molecule has 2 aliphatic rings. The molecule has 1 saturated heterocycles. The largest absolute Gasteiger partial charge is 0.477 e. The molecule has 0 aliphatic carbocycles. The summed E-state index contributed by atoms with van der Waals surface area (Å²) in [5.41, 5.74) is 5.88. The number of nitrogens with two attached hydrogens (primary N) is 1. The highest BCUT2D eigenvalue weighted by molar-refractivity contribution is 8.01. The molecule has 4 rings (SSSR count). The number of β-lactam (4-membered cyclic amide) rings is 1. The molecule has 2 aromatic rings. The first-order valence-corrected chi connectivity index (χ1v) is 13.3. The van der Waals surface area contributed by atoms with E-state index in [-0.39, 0.29) is 28.0 Å². The molecule has 0 spiro atoms. The standard InChI is InChI=1S/C19H18N10O5S3/c1-2-4-28-19(24-26-27-28)37-7-9-6-35-16-12(15(31)29(16)13(9)17(32)33)23-14(30)11(25-34-5-3-20)10-8-36-18(21)22-10/h2,8,12,16H,1,4-7H2,(H2,21,22)(H,23,30)(H,32,33)/t12?,16-/m1/s1. The number of nitrogens with one attached hydrogen (secondary N) is 1. The number of hydrogen-bond acceptors (Lipinski definition) is 14. The van der Waals surface area contributed by atoms with Crippen LogP contribution in [0.2, 0.25) is 0 Å². The van der Waals surface area contributed by atoms with E-state index in [1.165, 1.54) is 33.6 Å². The summed E-state index contributed by atoms with van der Waals surface area (Å²) in [6.45, 7) is 3.63. The van der Waals surface area contributed by atoms with Gasteiger partial charge in [-0.1, -0.05) is 23.0 Å². The maximum atomic E-state index is 13.0. The fraction of sp³-hybridized carbons (Fsp3) is 0.316. The van der Waals surface area contributed by atoms with Crippen molar-refractivity contribution >= 4 is 63.5 Å². The minimum Gasteiger partial charge on any atom is -0.477 e. The van der Waals surface area contributed by atoms with Crippen molar-refractivity contribution in [3.05, 3.63) is 35.0 Å². The number of amides is 2. The molecule has 4 heterocycles. The van der Waals surface area contributed by atoms with Gasteiger partial charge in [-0.05, 0) is 16.0 Å². The van der Waals surface area contributed by atoms with Crippen molar-refractivity contribution in [3.8, 4) is 6.07 Å². The molecular formula is C19H18N10O5S3. The number of carbonyl (C=O) groups excluding carboxylic acids is 2. The predicted octanol–water partition coefficient (Wildman–Crippen LogP) is -0.327. The third-order valence-corrected chi connectivity index (χ3v) is 8.03. The van der Waals surface area contributed by atoms with E-state index in [0.29, 0.717) is 23.0 Å². The summed E-state index contributed by atoms with van der Waals surface area (Å²) in [7, 11) is 0. The molecule has 4 N–H and O–H groups in total. The summed E-state index contributed by atoms with van der Waals surface area (Å²) in [5.74, 6) is -2.06. The maximum Gasteiger partial charge on any atom is 0.352 e. The molecule has 2 atom stereocenters. The molecule has 1 fully saturated rings. The lowest BCUT2D eigenvalue weighted by Crippen LogP contribution is -2.71. The van der Waals surface area contributed by atoms with Gasteiger partial charge in [0.15, 0.2) is 10.8 Å². The number of thiazole rings is 1. The van der Waals surface area contributed by atoms with Crippen molar-refractivity contribution in [2.24, 2.45) is 5.16 Å². The molecule has 18 heteroatoms. The van der Waals surface area contributed by atoms with Gasteiger partial charge in [0, 0.05) is 16.9 Å². The highest BCUT2D eigenvalue weighted by Gasteiger charge is 2.54. The Morgan fingerprint density at radius 2 is 2.32 bits per heavy atom. The third-order valence-electron chi connectivity index (χ3n) is 4.98. The van der Waals surface area contributed by atoms with E-state index in [4.69, 9.17) is 15.8 Å². The van der Waals surface area contributed by atoms with E-state index in [1.807, 2.05) is 0 Å². The average Bonchev–Trinajstić information content (AvgIpc) is 3.51. The Labute approximate surface area is 221 Å². The van der Waals surface area contributed by atoms with Gasteiger partial charge in [-0.3, -0.25) is 14.5 Å². The lowest BCUT2D eigenvalue weighted by Gasteiger charge is -2.49. The van der Waals surface area contributed by atoms with Crippen molar-refractivity contribution < 1.29 is 24.3 Å². The number of aromatic nitrogens is 5. The highest BCUT2D eigenvalue weighted by Crippen LogP contribution is 2.41. The quantitative estimate of drug-likeness (QED) is 0.0800. The van der Waals surface area contributed by atoms with Crippen LogP contribution < -0.4 is 11.1 Å². The third kappa shape index (κ3) is 5.42. The van der Waals surface area contributed by atoms with Crippen LogP contribution in [0, 0.1) is 11.3 Å². The van der Waals surface area contributed by atoms with Gasteiger partial charge in [0.2, 0.25) is 11.8 Å². The van der Waals surface area contributed by atoms with Gasteiger partial charge in [-0.15, -0.1) is 34.8 Å². The second-order valence-corrected chi connectivity index (χ2v) is 10.2. The lowest BCUT2D eigenvalue weighted by atomic mass is 10.0. The number of nitriles is 1. The number of anilines is 1. The van der Waals surface area contributed by atoms with Crippen LogP contribution in [0.5, 0.6) is 0 Å². The van der Waals surface area contributed by atoms with E-state index in [0.717, 1.165) is 16.2 Å². The number of nitrogens with zero attached hydrogens (tertiary/aromatic N) is 8. The van der Waals surface area contributed by atoms with E-state index < -0.39 is 35.8 Å². The number of tetrazole rings is 1. The minimum atomic E-state index is -1.25. The van der Waals surface area contributed by atoms with Crippen LogP contribution in [-0.2, 0) is 25.8 Å². The zero-order chi connectivity index (χ0) is 26.5. The van der Waals surface area contributed by atoms with Crippen molar-refractivity contribution in [2.45, 2.75) is 23.1 Å². The van der Waals surface area contributed by atoms with Gasteiger partial charge in [0.05, 0.1) is 6.54 Å². The van der Waals surface area contributed by atoms with E-state index >= 15 is 0 Å². The number of aliphatic carboxylic acids is 1. The maximum absolute atomic E-state index is 13.0. The lowest BCUT2D eigenvalue weighted by molar-refractivity contribution is -0.150. The Balaban J connectivity index is 1.49. The number of rotatable bonds is 11. The monoisotopic (exact) mass is 562 g/mol. The van der Waals surface area contributed by atoms with Gasteiger partial charge in [-0.2, -0.15) is 5.26 Å². The number of carboxylic acid groups (broad SMARTS) is 1. The summed E-state index contributed by atoms with van der Waals surface area (Å²) < 4.78 is 1.52. The van der Waals surface area contributed by atoms with E-state index in [9.17, 15) is 19.5 Å². The summed E-state index contributed by atoms with van der Waals surface area (Å²) in [4.78, 5) is 48.0. The van der Waals surface area contributed by atoms with Crippen molar-refractivity contribution in [3.63, 3.8) is 0 Å². The summed E-state index contributed by atoms with van der Waals surface area (Å²) in [6.07, 6.45) is 1.63. The SMILES string of the molecule is C=CCn1nnnc1SCC1=C(C(=O)O)N2C(=O)C(NC(=O)C(=NOCC#N)c3csc(N)n3)[C@H]2SC1. The zero-order valence-electron chi connectivity index (χ0n) is 18.8. The molecule has 0 radical (unpaired) electrons. The molecule has 0 saturated carbocycles. The van der Waals surface area contributed by atoms with Crippen LogP contribution in [0.25, 0.3) is 0 Å². The van der Waals surface area contributed by atoms with Gasteiger partial charge >= 0.3 is 5.97 Å². The van der Waals surface area contributed by atoms with Gasteiger partial charge in [-0.25, -0.2) is 14.5 Å². The van der Waals surface area contributed by atoms with Gasteiger partial charge in [0.25, 0.3) is 11.8 Å². The smallest absolute Gasteiger partial charge is 0.352 e. The molecule has 2 aliphatic heterocycles. The molecule has 37 heavy (non-hydrogen) atoms. The molecule has 0 bridgehead atoms. The minimum absolute atomic E-state index is 0.113. The molecular weight excluding hydrogens is 544 g/mol. The average molecular weight is 563 g/mol. The molecule has 0 aromatic carbocycles. The number of carboxylic acids is 1. The molecule has 2 aromatic heterocycles. The molecule has 2 amide bonds. The fourth-order valence-corrected chi connectivity index (χ4v) is 6.34. The second kappa shape index (κ2) is 11.4. The first-order valence-electron chi connectivity index (χ1n) is 10.3. The Bertz CT molecular complexity index is 1350. The Morgan fingerprint density at radius 1 is 1.51 bits per heavy atom. The number of nitrogen functional groups attached to an aromatic ring is 1. The van der Waals surface area contributed by atoms with Gasteiger partial charge < -0.3 is 21.0 Å². The van der Waals surface area contributed by atoms with Gasteiger partial charge in [0.1, 0.15) is 28.9 Å².